The van der Waals surface area contributed by atoms with E-state index in [9.17, 15) is 0 Å². The fourth-order valence-electron chi connectivity index (χ4n) is 0.209. The largest absolute Gasteiger partial charge is 0.481 e. The number of aliphatic hydroxyl groups excluding tert-OH is 1. The molecule has 3 N–H and O–H groups in total. The average Bonchev–Trinajstić information content (AvgIpc) is 1.98. The van der Waals surface area contributed by atoms with Crippen molar-refractivity contribution in [1.29, 1.82) is 0 Å². The Bertz CT molecular complexity index is 110. The van der Waals surface area contributed by atoms with Crippen LogP contribution in [0.15, 0.2) is 0 Å². The number of ether oxygens (including phenoxy) is 1. The van der Waals surface area contributed by atoms with Crippen molar-refractivity contribution in [1.82, 2.24) is 0 Å². The van der Waals surface area contributed by atoms with Gasteiger partial charge in [-0.05, 0) is 6.92 Å². The molecule has 0 aliphatic heterocycles. The molecule has 0 aromatic rings. The molecule has 0 radical (unpaired) electrons. The Morgan fingerprint density at radius 3 is 1.50 bits per heavy atom. The van der Waals surface area contributed by atoms with Crippen LogP contribution in [0.25, 0.3) is 0 Å². The zero-order valence-electron chi connectivity index (χ0n) is 8.69. The van der Waals surface area contributed by atoms with E-state index in [1.54, 1.807) is 0 Å². The van der Waals surface area contributed by atoms with Crippen LogP contribution in [0.1, 0.15) is 20.8 Å². The van der Waals surface area contributed by atoms with Gasteiger partial charge in [0.15, 0.2) is 0 Å². The highest BCUT2D eigenvalue weighted by atomic mass is 16.5. The SMILES string of the molecule is CC(=O)O.CC(=O)O.CCOCCO. The van der Waals surface area contributed by atoms with Crippen molar-refractivity contribution < 1.29 is 29.6 Å². The van der Waals surface area contributed by atoms with Crippen LogP contribution < -0.4 is 0 Å². The summed E-state index contributed by atoms with van der Waals surface area (Å²) >= 11 is 0. The fourth-order valence-corrected chi connectivity index (χ4v) is 0.209. The molecule has 0 aromatic heterocycles. The quantitative estimate of drug-likeness (QED) is 0.575. The molecule has 0 fully saturated rings. The lowest BCUT2D eigenvalue weighted by Gasteiger charge is -1.91. The second-order valence-corrected chi connectivity index (χ2v) is 1.96. The van der Waals surface area contributed by atoms with Crippen LogP contribution in [0.4, 0.5) is 0 Å². The van der Waals surface area contributed by atoms with E-state index >= 15 is 0 Å². The Morgan fingerprint density at radius 2 is 1.43 bits per heavy atom. The molecule has 0 atom stereocenters. The molecule has 0 amide bonds. The zero-order chi connectivity index (χ0) is 12.0. The Morgan fingerprint density at radius 1 is 1.14 bits per heavy atom. The Kier molecular flexibility index (Phi) is 23.7. The van der Waals surface area contributed by atoms with Gasteiger partial charge < -0.3 is 20.1 Å². The third-order valence-electron chi connectivity index (χ3n) is 0.440. The first-order valence-electron chi connectivity index (χ1n) is 3.96. The Hall–Kier alpha value is -1.14. The summed E-state index contributed by atoms with van der Waals surface area (Å²) in [4.78, 5) is 18.0. The van der Waals surface area contributed by atoms with Crippen molar-refractivity contribution in [3.8, 4) is 0 Å². The zero-order valence-corrected chi connectivity index (χ0v) is 8.69. The highest BCUT2D eigenvalue weighted by Gasteiger charge is 1.73. The molecule has 14 heavy (non-hydrogen) atoms. The predicted octanol–water partition coefficient (Wildman–Crippen LogP) is 0.197. The van der Waals surface area contributed by atoms with Gasteiger partial charge in [-0.15, -0.1) is 0 Å². The molecule has 0 unspecified atom stereocenters. The summed E-state index contributed by atoms with van der Waals surface area (Å²) in [6, 6.07) is 0. The summed E-state index contributed by atoms with van der Waals surface area (Å²) in [7, 11) is 0. The fraction of sp³-hybridized carbons (Fsp3) is 0.750. The van der Waals surface area contributed by atoms with E-state index in [1.165, 1.54) is 0 Å². The topological polar surface area (TPSA) is 104 Å². The first kappa shape index (κ1) is 18.6. The number of carboxylic acid groups (broad SMARTS) is 2. The van der Waals surface area contributed by atoms with Crippen molar-refractivity contribution in [2.24, 2.45) is 0 Å². The molecule has 0 aliphatic carbocycles. The number of hydrogen-bond acceptors (Lipinski definition) is 4. The lowest BCUT2D eigenvalue weighted by molar-refractivity contribution is -0.135. The van der Waals surface area contributed by atoms with E-state index in [2.05, 4.69) is 0 Å². The van der Waals surface area contributed by atoms with Gasteiger partial charge in [-0.2, -0.15) is 0 Å². The molecule has 0 heterocycles. The second-order valence-electron chi connectivity index (χ2n) is 1.96. The normalized spacial score (nSPS) is 7.43. The van der Waals surface area contributed by atoms with Crippen molar-refractivity contribution in [2.45, 2.75) is 20.8 Å². The maximum atomic E-state index is 9.00. The lowest BCUT2D eigenvalue weighted by Crippen LogP contribution is -1.96. The summed E-state index contributed by atoms with van der Waals surface area (Å²) in [6.45, 7) is 5.36. The van der Waals surface area contributed by atoms with Crippen molar-refractivity contribution in [3.63, 3.8) is 0 Å². The molecular weight excluding hydrogens is 192 g/mol. The van der Waals surface area contributed by atoms with Crippen LogP contribution in [0, 0.1) is 0 Å². The Labute approximate surface area is 83.1 Å². The van der Waals surface area contributed by atoms with E-state index in [-0.39, 0.29) is 6.61 Å². The van der Waals surface area contributed by atoms with Crippen LogP contribution >= 0.6 is 0 Å². The number of carboxylic acids is 2. The number of rotatable bonds is 3. The molecule has 0 aromatic carbocycles. The average molecular weight is 210 g/mol. The van der Waals surface area contributed by atoms with Crippen LogP contribution in [0.2, 0.25) is 0 Å². The molecule has 0 aliphatic rings. The first-order valence-corrected chi connectivity index (χ1v) is 3.96. The summed E-state index contributed by atoms with van der Waals surface area (Å²) < 4.78 is 4.73. The maximum absolute atomic E-state index is 9.00. The minimum absolute atomic E-state index is 0.133. The monoisotopic (exact) mass is 210 g/mol. The molecule has 0 rings (SSSR count). The van der Waals surface area contributed by atoms with Crippen LogP contribution in [-0.4, -0.2) is 47.1 Å². The predicted molar refractivity (Wildman–Crippen MR) is 50.2 cm³/mol. The van der Waals surface area contributed by atoms with E-state index in [1.807, 2.05) is 6.92 Å². The smallest absolute Gasteiger partial charge is 0.300 e. The third kappa shape index (κ3) is 305. The van der Waals surface area contributed by atoms with E-state index < -0.39 is 11.9 Å². The van der Waals surface area contributed by atoms with Gasteiger partial charge in [0.25, 0.3) is 11.9 Å². The molecular formula is C8H18O6. The summed E-state index contributed by atoms with van der Waals surface area (Å²) in [5, 5.41) is 22.9. The number of hydrogen-bond donors (Lipinski definition) is 3. The van der Waals surface area contributed by atoms with E-state index in [0.717, 1.165) is 13.8 Å². The van der Waals surface area contributed by atoms with Gasteiger partial charge >= 0.3 is 0 Å². The first-order chi connectivity index (χ1) is 6.38. The van der Waals surface area contributed by atoms with Crippen LogP contribution in [0.5, 0.6) is 0 Å². The molecule has 0 spiro atoms. The van der Waals surface area contributed by atoms with E-state index in [4.69, 9.17) is 29.6 Å². The van der Waals surface area contributed by atoms with Gasteiger partial charge in [-0.25, -0.2) is 0 Å². The molecule has 6 heteroatoms. The number of aliphatic carboxylic acids is 2. The number of carbonyl (C=O) groups is 2. The van der Waals surface area contributed by atoms with Gasteiger partial charge in [0.1, 0.15) is 0 Å². The summed E-state index contributed by atoms with van der Waals surface area (Å²) in [6.07, 6.45) is 0. The van der Waals surface area contributed by atoms with Crippen LogP contribution in [0.3, 0.4) is 0 Å². The second kappa shape index (κ2) is 17.8. The van der Waals surface area contributed by atoms with E-state index in [0.29, 0.717) is 13.2 Å². The highest BCUT2D eigenvalue weighted by Crippen LogP contribution is 1.66. The summed E-state index contributed by atoms with van der Waals surface area (Å²) in [5.74, 6) is -1.67. The van der Waals surface area contributed by atoms with Gasteiger partial charge in [0.05, 0.1) is 13.2 Å². The molecule has 0 bridgehead atoms. The lowest BCUT2D eigenvalue weighted by atomic mass is 10.8. The molecule has 0 saturated carbocycles. The third-order valence-corrected chi connectivity index (χ3v) is 0.440. The van der Waals surface area contributed by atoms with Crippen LogP contribution in [-0.2, 0) is 14.3 Å². The molecule has 86 valence electrons. The minimum atomic E-state index is -0.833. The maximum Gasteiger partial charge on any atom is 0.300 e. The standard InChI is InChI=1S/C4H10O2.2C2H4O2/c1-2-6-4-3-5;2*1-2(3)4/h5H,2-4H2,1H3;2*1H3,(H,3,4). The van der Waals surface area contributed by atoms with Gasteiger partial charge in [0, 0.05) is 20.5 Å². The number of aliphatic hydroxyl groups is 1. The van der Waals surface area contributed by atoms with Gasteiger partial charge in [-0.1, -0.05) is 0 Å². The van der Waals surface area contributed by atoms with Gasteiger partial charge in [-0.3, -0.25) is 9.59 Å². The van der Waals surface area contributed by atoms with Crippen molar-refractivity contribution in [3.05, 3.63) is 0 Å². The summed E-state index contributed by atoms with van der Waals surface area (Å²) in [5.41, 5.74) is 0. The van der Waals surface area contributed by atoms with Gasteiger partial charge in [0.2, 0.25) is 0 Å². The molecule has 0 saturated heterocycles. The Balaban J connectivity index is -0.000000135. The van der Waals surface area contributed by atoms with Crippen molar-refractivity contribution >= 4 is 11.9 Å². The van der Waals surface area contributed by atoms with Crippen molar-refractivity contribution in [2.75, 3.05) is 19.8 Å². The highest BCUT2D eigenvalue weighted by molar-refractivity contribution is 5.63. The minimum Gasteiger partial charge on any atom is -0.481 e. The molecule has 6 nitrogen and oxygen atoms in total.